The van der Waals surface area contributed by atoms with Gasteiger partial charge in [-0.15, -0.1) is 0 Å². The van der Waals surface area contributed by atoms with Gasteiger partial charge in [0.05, 0.1) is 13.2 Å². The van der Waals surface area contributed by atoms with E-state index in [2.05, 4.69) is 10.2 Å². The first-order valence-electron chi connectivity index (χ1n) is 4.43. The Kier molecular flexibility index (Phi) is 8.81. The van der Waals surface area contributed by atoms with Crippen LogP contribution in [-0.4, -0.2) is 61.6 Å². The molecule has 0 heterocycles. The van der Waals surface area contributed by atoms with Crippen molar-refractivity contribution >= 4 is 0 Å². The summed E-state index contributed by atoms with van der Waals surface area (Å²) in [4.78, 5) is 2.05. The van der Waals surface area contributed by atoms with E-state index in [1.165, 1.54) is 0 Å². The fraction of sp³-hybridized carbons (Fsp3) is 1.00. The molecular weight excluding hydrogens is 156 g/mol. The van der Waals surface area contributed by atoms with Gasteiger partial charge in [0.1, 0.15) is 0 Å². The SMILES string of the molecule is CNCCCN(CCO)CCO. The van der Waals surface area contributed by atoms with Gasteiger partial charge in [0, 0.05) is 13.1 Å². The van der Waals surface area contributed by atoms with Crippen LogP contribution in [0.15, 0.2) is 0 Å². The molecule has 0 unspecified atom stereocenters. The summed E-state index contributed by atoms with van der Waals surface area (Å²) in [5.41, 5.74) is 0. The van der Waals surface area contributed by atoms with Crippen LogP contribution in [0.3, 0.4) is 0 Å². The van der Waals surface area contributed by atoms with E-state index in [4.69, 9.17) is 10.2 Å². The van der Waals surface area contributed by atoms with Crippen molar-refractivity contribution in [1.82, 2.24) is 10.2 Å². The molecule has 0 aliphatic rings. The van der Waals surface area contributed by atoms with E-state index >= 15 is 0 Å². The lowest BCUT2D eigenvalue weighted by molar-refractivity contribution is 0.160. The van der Waals surface area contributed by atoms with Crippen molar-refractivity contribution in [1.29, 1.82) is 0 Å². The van der Waals surface area contributed by atoms with Gasteiger partial charge in [-0.2, -0.15) is 0 Å². The van der Waals surface area contributed by atoms with Gasteiger partial charge >= 0.3 is 0 Å². The molecule has 0 aromatic heterocycles. The fourth-order valence-corrected chi connectivity index (χ4v) is 1.10. The predicted molar refractivity (Wildman–Crippen MR) is 49.2 cm³/mol. The van der Waals surface area contributed by atoms with Crippen LogP contribution in [0.1, 0.15) is 6.42 Å². The molecule has 0 atom stereocenters. The van der Waals surface area contributed by atoms with Crippen molar-refractivity contribution in [2.75, 3.05) is 46.4 Å². The maximum absolute atomic E-state index is 8.68. The second kappa shape index (κ2) is 8.93. The van der Waals surface area contributed by atoms with Crippen LogP contribution in [0.5, 0.6) is 0 Å². The minimum Gasteiger partial charge on any atom is -0.395 e. The molecule has 0 fully saturated rings. The third kappa shape index (κ3) is 6.54. The van der Waals surface area contributed by atoms with Crippen molar-refractivity contribution in [2.45, 2.75) is 6.42 Å². The van der Waals surface area contributed by atoms with E-state index in [1.807, 2.05) is 7.05 Å². The number of nitrogens with zero attached hydrogens (tertiary/aromatic N) is 1. The quantitative estimate of drug-likeness (QED) is 0.410. The first kappa shape index (κ1) is 11.8. The summed E-state index contributed by atoms with van der Waals surface area (Å²) < 4.78 is 0. The molecule has 0 radical (unpaired) electrons. The Hall–Kier alpha value is -0.160. The zero-order valence-electron chi connectivity index (χ0n) is 7.79. The van der Waals surface area contributed by atoms with Gasteiger partial charge in [-0.3, -0.25) is 4.90 Å². The Bertz CT molecular complexity index is 85.1. The number of aliphatic hydroxyl groups is 2. The fourth-order valence-electron chi connectivity index (χ4n) is 1.10. The molecule has 74 valence electrons. The number of nitrogens with one attached hydrogen (secondary N) is 1. The Morgan fingerprint density at radius 1 is 1.08 bits per heavy atom. The monoisotopic (exact) mass is 176 g/mol. The Balaban J connectivity index is 3.34. The molecule has 0 aromatic carbocycles. The average Bonchev–Trinajstić information content (AvgIpc) is 2.06. The summed E-state index contributed by atoms with van der Waals surface area (Å²) in [5, 5.41) is 20.4. The largest absolute Gasteiger partial charge is 0.395 e. The molecule has 0 saturated heterocycles. The molecular formula is C8H20N2O2. The van der Waals surface area contributed by atoms with Crippen LogP contribution in [0, 0.1) is 0 Å². The van der Waals surface area contributed by atoms with Crippen LogP contribution in [0.4, 0.5) is 0 Å². The van der Waals surface area contributed by atoms with E-state index < -0.39 is 0 Å². The second-order valence-electron chi connectivity index (χ2n) is 2.75. The van der Waals surface area contributed by atoms with Crippen molar-refractivity contribution in [3.05, 3.63) is 0 Å². The normalized spacial score (nSPS) is 11.0. The molecule has 0 rings (SSSR count). The molecule has 12 heavy (non-hydrogen) atoms. The smallest absolute Gasteiger partial charge is 0.0558 e. The van der Waals surface area contributed by atoms with Gasteiger partial charge in [0.25, 0.3) is 0 Å². The molecule has 0 amide bonds. The van der Waals surface area contributed by atoms with Gasteiger partial charge in [0.2, 0.25) is 0 Å². The molecule has 0 saturated carbocycles. The molecule has 4 heteroatoms. The highest BCUT2D eigenvalue weighted by atomic mass is 16.3. The third-order valence-corrected chi connectivity index (χ3v) is 1.73. The van der Waals surface area contributed by atoms with Gasteiger partial charge in [-0.25, -0.2) is 0 Å². The van der Waals surface area contributed by atoms with Gasteiger partial charge < -0.3 is 15.5 Å². The van der Waals surface area contributed by atoms with Crippen molar-refractivity contribution in [3.63, 3.8) is 0 Å². The van der Waals surface area contributed by atoms with Crippen molar-refractivity contribution in [3.8, 4) is 0 Å². The number of aliphatic hydroxyl groups excluding tert-OH is 2. The highest BCUT2D eigenvalue weighted by molar-refractivity contribution is 4.56. The predicted octanol–water partition coefficient (Wildman–Crippen LogP) is -1.12. The first-order valence-corrected chi connectivity index (χ1v) is 4.43. The standard InChI is InChI=1S/C8H20N2O2/c1-9-3-2-4-10(5-7-11)6-8-12/h9,11-12H,2-8H2,1H3. The topological polar surface area (TPSA) is 55.7 Å². The molecule has 4 nitrogen and oxygen atoms in total. The van der Waals surface area contributed by atoms with E-state index in [0.717, 1.165) is 19.5 Å². The lowest BCUT2D eigenvalue weighted by atomic mass is 10.3. The highest BCUT2D eigenvalue weighted by Gasteiger charge is 2.01. The lowest BCUT2D eigenvalue weighted by Crippen LogP contribution is -2.32. The zero-order valence-corrected chi connectivity index (χ0v) is 7.79. The summed E-state index contributed by atoms with van der Waals surface area (Å²) in [6.07, 6.45) is 1.05. The Morgan fingerprint density at radius 2 is 1.67 bits per heavy atom. The highest BCUT2D eigenvalue weighted by Crippen LogP contribution is 1.89. The zero-order chi connectivity index (χ0) is 9.23. The van der Waals surface area contributed by atoms with E-state index in [-0.39, 0.29) is 13.2 Å². The minimum atomic E-state index is 0.166. The lowest BCUT2D eigenvalue weighted by Gasteiger charge is -2.19. The molecule has 0 aliphatic carbocycles. The Morgan fingerprint density at radius 3 is 2.08 bits per heavy atom. The third-order valence-electron chi connectivity index (χ3n) is 1.73. The molecule has 0 spiro atoms. The van der Waals surface area contributed by atoms with Crippen molar-refractivity contribution < 1.29 is 10.2 Å². The van der Waals surface area contributed by atoms with Crippen LogP contribution < -0.4 is 5.32 Å². The summed E-state index contributed by atoms with van der Waals surface area (Å²) in [6.45, 7) is 3.56. The maximum Gasteiger partial charge on any atom is 0.0558 e. The van der Waals surface area contributed by atoms with Crippen LogP contribution >= 0.6 is 0 Å². The Labute approximate surface area is 74.2 Å². The van der Waals surface area contributed by atoms with E-state index in [0.29, 0.717) is 13.1 Å². The first-order chi connectivity index (χ1) is 5.85. The average molecular weight is 176 g/mol. The van der Waals surface area contributed by atoms with Crippen LogP contribution in [0.2, 0.25) is 0 Å². The van der Waals surface area contributed by atoms with Gasteiger partial charge in [-0.1, -0.05) is 0 Å². The van der Waals surface area contributed by atoms with E-state index in [9.17, 15) is 0 Å². The summed E-state index contributed by atoms with van der Waals surface area (Å²) in [6, 6.07) is 0. The van der Waals surface area contributed by atoms with Gasteiger partial charge in [0.15, 0.2) is 0 Å². The molecule has 3 N–H and O–H groups in total. The number of rotatable bonds is 8. The van der Waals surface area contributed by atoms with Crippen molar-refractivity contribution in [2.24, 2.45) is 0 Å². The number of hydrogen-bond acceptors (Lipinski definition) is 4. The maximum atomic E-state index is 8.68. The van der Waals surface area contributed by atoms with E-state index in [1.54, 1.807) is 0 Å². The minimum absolute atomic E-state index is 0.166. The second-order valence-corrected chi connectivity index (χ2v) is 2.75. The molecule has 0 aliphatic heterocycles. The summed E-state index contributed by atoms with van der Waals surface area (Å²) in [7, 11) is 1.92. The summed E-state index contributed by atoms with van der Waals surface area (Å²) >= 11 is 0. The van der Waals surface area contributed by atoms with Crippen LogP contribution in [-0.2, 0) is 0 Å². The van der Waals surface area contributed by atoms with Crippen LogP contribution in [0.25, 0.3) is 0 Å². The molecule has 0 aromatic rings. The summed E-state index contributed by atoms with van der Waals surface area (Å²) in [5.74, 6) is 0. The molecule has 0 bridgehead atoms. The van der Waals surface area contributed by atoms with Gasteiger partial charge in [-0.05, 0) is 26.6 Å². The number of hydrogen-bond donors (Lipinski definition) is 3.